The highest BCUT2D eigenvalue weighted by atomic mass is 35.5. The third-order valence-corrected chi connectivity index (χ3v) is 6.38. The molecule has 140 valence electrons. The molecule has 1 amide bonds. The van der Waals surface area contributed by atoms with Gasteiger partial charge in [-0.05, 0) is 42.3 Å². The van der Waals surface area contributed by atoms with E-state index in [0.717, 1.165) is 12.8 Å². The zero-order valence-electron chi connectivity index (χ0n) is 14.1. The van der Waals surface area contributed by atoms with Gasteiger partial charge in [-0.1, -0.05) is 65.8 Å². The van der Waals surface area contributed by atoms with Crippen LogP contribution >= 0.6 is 46.6 Å². The topological polar surface area (TPSA) is 72.7 Å². The summed E-state index contributed by atoms with van der Waals surface area (Å²) in [5.74, 6) is -0.214. The highest BCUT2D eigenvalue weighted by molar-refractivity contribution is 8.00. The fourth-order valence-corrected chi connectivity index (χ4v) is 4.34. The van der Waals surface area contributed by atoms with Gasteiger partial charge in [0.1, 0.15) is 0 Å². The van der Waals surface area contributed by atoms with Gasteiger partial charge in [0.25, 0.3) is 0 Å². The van der Waals surface area contributed by atoms with Crippen molar-refractivity contribution in [3.8, 4) is 0 Å². The molecule has 0 spiro atoms. The van der Waals surface area contributed by atoms with Gasteiger partial charge in [0.05, 0.1) is 32.0 Å². The van der Waals surface area contributed by atoms with Gasteiger partial charge in [0.15, 0.2) is 0 Å². The summed E-state index contributed by atoms with van der Waals surface area (Å²) in [5.41, 5.74) is 0.422. The van der Waals surface area contributed by atoms with E-state index in [2.05, 4.69) is 20.8 Å². The molecule has 10 heteroatoms. The van der Waals surface area contributed by atoms with Crippen molar-refractivity contribution < 1.29 is 4.79 Å². The van der Waals surface area contributed by atoms with Gasteiger partial charge in [-0.2, -0.15) is 0 Å². The van der Waals surface area contributed by atoms with Crippen LogP contribution in [0.4, 0.5) is 5.69 Å². The van der Waals surface area contributed by atoms with Gasteiger partial charge in [-0.3, -0.25) is 4.79 Å². The Hall–Kier alpha value is -1.02. The van der Waals surface area contributed by atoms with E-state index in [0.29, 0.717) is 32.0 Å². The minimum atomic E-state index is -0.408. The predicted molar refractivity (Wildman–Crippen MR) is 105 cm³/mol. The first-order valence-electron chi connectivity index (χ1n) is 8.35. The number of thioether (sulfide) groups is 1. The monoisotopic (exact) mass is 433 g/mol. The fourth-order valence-electron chi connectivity index (χ4n) is 2.88. The number of halogens is 3. The molecule has 1 aromatic heterocycles. The highest BCUT2D eigenvalue weighted by Crippen LogP contribution is 2.34. The van der Waals surface area contributed by atoms with E-state index >= 15 is 0 Å². The number of carbonyl (C=O) groups is 1. The Balaban J connectivity index is 1.67. The Labute approximate surface area is 170 Å². The molecule has 1 aliphatic rings. The number of aromatic nitrogens is 4. The van der Waals surface area contributed by atoms with Gasteiger partial charge in [0, 0.05) is 0 Å². The highest BCUT2D eigenvalue weighted by Gasteiger charge is 2.24. The molecular formula is C16H18Cl3N5OS. The molecule has 0 radical (unpaired) electrons. The second-order valence-electron chi connectivity index (χ2n) is 6.19. The molecule has 0 aliphatic heterocycles. The van der Waals surface area contributed by atoms with Crippen LogP contribution in [0.25, 0.3) is 0 Å². The van der Waals surface area contributed by atoms with E-state index < -0.39 is 5.25 Å². The third kappa shape index (κ3) is 4.63. The second kappa shape index (κ2) is 8.78. The third-order valence-electron chi connectivity index (χ3n) is 4.30. The summed E-state index contributed by atoms with van der Waals surface area (Å²) >= 11 is 19.3. The summed E-state index contributed by atoms with van der Waals surface area (Å²) in [4.78, 5) is 12.5. The van der Waals surface area contributed by atoms with Crippen molar-refractivity contribution in [2.75, 3.05) is 5.32 Å². The molecule has 1 heterocycles. The first kappa shape index (κ1) is 19.7. The molecule has 26 heavy (non-hydrogen) atoms. The van der Waals surface area contributed by atoms with Gasteiger partial charge in [-0.15, -0.1) is 5.10 Å². The molecule has 1 atom stereocenters. The number of anilines is 1. The van der Waals surface area contributed by atoms with E-state index in [9.17, 15) is 4.79 Å². The number of nitrogens with zero attached hydrogens (tertiary/aromatic N) is 4. The first-order chi connectivity index (χ1) is 12.5. The molecule has 1 saturated carbocycles. The number of benzene rings is 1. The SMILES string of the molecule is CC(Sc1nnnn1C1CCCCC1)C(=O)Nc1cc(Cl)c(Cl)cc1Cl. The van der Waals surface area contributed by atoms with E-state index in [4.69, 9.17) is 34.8 Å². The minimum absolute atomic E-state index is 0.214. The summed E-state index contributed by atoms with van der Waals surface area (Å²) in [5, 5.41) is 16.0. The molecule has 0 saturated heterocycles. The standard InChI is InChI=1S/C16H18Cl3N5OS/c1-9(15(25)20-14-8-12(18)11(17)7-13(14)19)26-16-21-22-23-24(16)10-5-3-2-4-6-10/h7-10H,2-6H2,1H3,(H,20,25). The molecule has 1 aliphatic carbocycles. The molecule has 2 aromatic rings. The van der Waals surface area contributed by atoms with Crippen LogP contribution in [0.3, 0.4) is 0 Å². The smallest absolute Gasteiger partial charge is 0.237 e. The van der Waals surface area contributed by atoms with Crippen LogP contribution in [-0.2, 0) is 4.79 Å². The van der Waals surface area contributed by atoms with Crippen molar-refractivity contribution in [2.24, 2.45) is 0 Å². The lowest BCUT2D eigenvalue weighted by Gasteiger charge is -2.22. The molecule has 1 N–H and O–H groups in total. The number of tetrazole rings is 1. The Morgan fingerprint density at radius 3 is 2.62 bits per heavy atom. The number of nitrogens with one attached hydrogen (secondary N) is 1. The van der Waals surface area contributed by atoms with Crippen molar-refractivity contribution in [1.29, 1.82) is 0 Å². The lowest BCUT2D eigenvalue weighted by molar-refractivity contribution is -0.115. The number of rotatable bonds is 5. The molecule has 3 rings (SSSR count). The minimum Gasteiger partial charge on any atom is -0.324 e. The van der Waals surface area contributed by atoms with Crippen LogP contribution < -0.4 is 5.32 Å². The normalized spacial score (nSPS) is 16.5. The molecule has 6 nitrogen and oxygen atoms in total. The average molecular weight is 435 g/mol. The summed E-state index contributed by atoms with van der Waals surface area (Å²) < 4.78 is 1.85. The van der Waals surface area contributed by atoms with Crippen molar-refractivity contribution in [2.45, 2.75) is 55.5 Å². The van der Waals surface area contributed by atoms with Gasteiger partial charge in [0.2, 0.25) is 11.1 Å². The second-order valence-corrected chi connectivity index (χ2v) is 8.72. The van der Waals surface area contributed by atoms with E-state index in [-0.39, 0.29) is 5.91 Å². The number of hydrogen-bond donors (Lipinski definition) is 1. The van der Waals surface area contributed by atoms with Crippen LogP contribution in [0.2, 0.25) is 15.1 Å². The Morgan fingerprint density at radius 1 is 1.19 bits per heavy atom. The maximum atomic E-state index is 12.5. The summed E-state index contributed by atoms with van der Waals surface area (Å²) in [6.45, 7) is 1.80. The van der Waals surface area contributed by atoms with Gasteiger partial charge >= 0.3 is 0 Å². The average Bonchev–Trinajstić information content (AvgIpc) is 3.08. The van der Waals surface area contributed by atoms with E-state index in [1.165, 1.54) is 43.2 Å². The van der Waals surface area contributed by atoms with Crippen LogP contribution in [0.15, 0.2) is 17.3 Å². The molecule has 1 aromatic carbocycles. The van der Waals surface area contributed by atoms with Crippen molar-refractivity contribution in [3.63, 3.8) is 0 Å². The maximum absolute atomic E-state index is 12.5. The van der Waals surface area contributed by atoms with Crippen LogP contribution in [0.5, 0.6) is 0 Å². The summed E-state index contributed by atoms with van der Waals surface area (Å²) in [7, 11) is 0. The number of amides is 1. The largest absolute Gasteiger partial charge is 0.324 e. The number of carbonyl (C=O) groups excluding carboxylic acids is 1. The fraction of sp³-hybridized carbons (Fsp3) is 0.500. The lowest BCUT2D eigenvalue weighted by Crippen LogP contribution is -2.24. The van der Waals surface area contributed by atoms with E-state index in [1.807, 2.05) is 4.68 Å². The summed E-state index contributed by atoms with van der Waals surface area (Å²) in [6.07, 6.45) is 5.75. The molecule has 1 unspecified atom stereocenters. The zero-order valence-corrected chi connectivity index (χ0v) is 17.2. The predicted octanol–water partition coefficient (Wildman–Crippen LogP) is 5.26. The van der Waals surface area contributed by atoms with Crippen LogP contribution in [-0.4, -0.2) is 31.4 Å². The first-order valence-corrected chi connectivity index (χ1v) is 10.4. The van der Waals surface area contributed by atoms with Crippen molar-refractivity contribution in [1.82, 2.24) is 20.2 Å². The zero-order chi connectivity index (χ0) is 18.7. The molecular weight excluding hydrogens is 417 g/mol. The molecule has 0 bridgehead atoms. The van der Waals surface area contributed by atoms with Gasteiger partial charge < -0.3 is 5.32 Å². The lowest BCUT2D eigenvalue weighted by atomic mass is 9.96. The Morgan fingerprint density at radius 2 is 1.88 bits per heavy atom. The van der Waals surface area contributed by atoms with Crippen molar-refractivity contribution in [3.05, 3.63) is 27.2 Å². The maximum Gasteiger partial charge on any atom is 0.237 e. The molecule has 1 fully saturated rings. The van der Waals surface area contributed by atoms with Crippen molar-refractivity contribution >= 4 is 58.2 Å². The van der Waals surface area contributed by atoms with Gasteiger partial charge in [-0.25, -0.2) is 4.68 Å². The Kier molecular flexibility index (Phi) is 6.66. The quantitative estimate of drug-likeness (QED) is 0.513. The Bertz CT molecular complexity index is 794. The van der Waals surface area contributed by atoms with E-state index in [1.54, 1.807) is 6.92 Å². The summed E-state index contributed by atoms with van der Waals surface area (Å²) in [6, 6.07) is 3.34. The van der Waals surface area contributed by atoms with Crippen LogP contribution in [0, 0.1) is 0 Å². The number of hydrogen-bond acceptors (Lipinski definition) is 5. The van der Waals surface area contributed by atoms with Crippen LogP contribution in [0.1, 0.15) is 45.1 Å².